The van der Waals surface area contributed by atoms with Gasteiger partial charge in [-0.05, 0) is 73.5 Å². The monoisotopic (exact) mass is 433 g/mol. The second-order valence-electron chi connectivity index (χ2n) is 7.53. The average Bonchev–Trinajstić information content (AvgIpc) is 3.09. The molecular weight excluding hydrogens is 410 g/mol. The first-order chi connectivity index (χ1) is 15.0. The highest BCUT2D eigenvalue weighted by Gasteiger charge is 2.13. The molecule has 0 aliphatic heterocycles. The van der Waals surface area contributed by atoms with Crippen molar-refractivity contribution in [2.24, 2.45) is 0 Å². The van der Waals surface area contributed by atoms with Crippen LogP contribution in [-0.4, -0.2) is 22.1 Å². The van der Waals surface area contributed by atoms with E-state index < -0.39 is 0 Å². The SMILES string of the molecule is Cc1cc(C)cc(OCCn2c(CNC(=O)c3ccc(Cl)cc3)nc3ccccc32)c1. The molecule has 0 unspecified atom stereocenters. The molecule has 0 spiro atoms. The summed E-state index contributed by atoms with van der Waals surface area (Å²) >= 11 is 5.91. The minimum absolute atomic E-state index is 0.165. The number of nitrogens with one attached hydrogen (secondary N) is 1. The minimum atomic E-state index is -0.165. The molecule has 0 fully saturated rings. The number of benzene rings is 3. The van der Waals surface area contributed by atoms with Crippen molar-refractivity contribution in [3.63, 3.8) is 0 Å². The summed E-state index contributed by atoms with van der Waals surface area (Å²) in [6.45, 7) is 5.57. The molecule has 4 rings (SSSR count). The van der Waals surface area contributed by atoms with E-state index in [4.69, 9.17) is 21.3 Å². The van der Waals surface area contributed by atoms with Crippen molar-refractivity contribution < 1.29 is 9.53 Å². The van der Waals surface area contributed by atoms with Crippen molar-refractivity contribution in [3.05, 3.63) is 94.3 Å². The molecule has 0 aliphatic carbocycles. The Kier molecular flexibility index (Phi) is 6.23. The number of hydrogen-bond acceptors (Lipinski definition) is 3. The summed E-state index contributed by atoms with van der Waals surface area (Å²) in [6, 6.07) is 21.0. The largest absolute Gasteiger partial charge is 0.492 e. The van der Waals surface area contributed by atoms with Crippen LogP contribution < -0.4 is 10.1 Å². The Labute approximate surface area is 186 Å². The van der Waals surface area contributed by atoms with Gasteiger partial charge in [-0.2, -0.15) is 0 Å². The van der Waals surface area contributed by atoms with E-state index in [9.17, 15) is 4.79 Å². The molecule has 1 amide bonds. The third-order valence-corrected chi connectivity index (χ3v) is 5.28. The number of para-hydroxylation sites is 2. The Bertz CT molecular complexity index is 1200. The highest BCUT2D eigenvalue weighted by atomic mass is 35.5. The smallest absolute Gasteiger partial charge is 0.251 e. The van der Waals surface area contributed by atoms with Crippen LogP contribution in [-0.2, 0) is 13.1 Å². The van der Waals surface area contributed by atoms with E-state index >= 15 is 0 Å². The number of carbonyl (C=O) groups is 1. The number of fused-ring (bicyclic) bond motifs is 1. The zero-order valence-corrected chi connectivity index (χ0v) is 18.3. The van der Waals surface area contributed by atoms with Gasteiger partial charge in [0.1, 0.15) is 18.2 Å². The molecule has 0 saturated carbocycles. The molecule has 0 aliphatic rings. The van der Waals surface area contributed by atoms with Gasteiger partial charge in [0.15, 0.2) is 0 Å². The maximum absolute atomic E-state index is 12.5. The third-order valence-electron chi connectivity index (χ3n) is 5.03. The number of rotatable bonds is 7. The third kappa shape index (κ3) is 5.06. The van der Waals surface area contributed by atoms with Gasteiger partial charge < -0.3 is 14.6 Å². The standard InChI is InChI=1S/C25H24ClN3O2/c1-17-13-18(2)15-21(14-17)31-12-11-29-23-6-4-3-5-22(23)28-24(29)16-27-25(30)19-7-9-20(26)10-8-19/h3-10,13-15H,11-12,16H2,1-2H3,(H,27,30). The number of halogens is 1. The van der Waals surface area contributed by atoms with E-state index in [0.717, 1.165) is 22.6 Å². The molecule has 0 bridgehead atoms. The Balaban J connectivity index is 1.48. The number of hydrogen-bond donors (Lipinski definition) is 1. The molecule has 4 aromatic rings. The lowest BCUT2D eigenvalue weighted by Gasteiger charge is -2.12. The van der Waals surface area contributed by atoms with Crippen LogP contribution in [0.5, 0.6) is 5.75 Å². The second-order valence-corrected chi connectivity index (χ2v) is 7.97. The molecule has 158 valence electrons. The van der Waals surface area contributed by atoms with Crippen LogP contribution in [0.1, 0.15) is 27.3 Å². The first kappa shape index (κ1) is 20.9. The van der Waals surface area contributed by atoms with E-state index in [1.807, 2.05) is 36.4 Å². The van der Waals surface area contributed by atoms with Gasteiger partial charge in [0.05, 0.1) is 24.1 Å². The molecule has 0 saturated heterocycles. The number of ether oxygens (including phenoxy) is 1. The van der Waals surface area contributed by atoms with Gasteiger partial charge in [-0.1, -0.05) is 29.8 Å². The molecular formula is C25H24ClN3O2. The first-order valence-corrected chi connectivity index (χ1v) is 10.6. The molecule has 1 N–H and O–H groups in total. The van der Waals surface area contributed by atoms with Crippen LogP contribution in [0.4, 0.5) is 0 Å². The Morgan fingerprint density at radius 2 is 1.74 bits per heavy atom. The van der Waals surface area contributed by atoms with Crippen LogP contribution in [0.3, 0.4) is 0 Å². The average molecular weight is 434 g/mol. The molecule has 6 heteroatoms. The van der Waals surface area contributed by atoms with Crippen LogP contribution >= 0.6 is 11.6 Å². The maximum Gasteiger partial charge on any atom is 0.251 e. The zero-order valence-electron chi connectivity index (χ0n) is 17.6. The molecule has 0 atom stereocenters. The Morgan fingerprint density at radius 3 is 2.48 bits per heavy atom. The summed E-state index contributed by atoms with van der Waals surface area (Å²) in [5.41, 5.74) is 4.82. The zero-order chi connectivity index (χ0) is 21.8. The Hall–Kier alpha value is -3.31. The number of aryl methyl sites for hydroxylation is 2. The van der Waals surface area contributed by atoms with Crippen molar-refractivity contribution >= 4 is 28.5 Å². The Morgan fingerprint density at radius 1 is 1.03 bits per heavy atom. The van der Waals surface area contributed by atoms with Crippen LogP contribution in [0.2, 0.25) is 5.02 Å². The maximum atomic E-state index is 12.5. The van der Waals surface area contributed by atoms with Crippen molar-refractivity contribution in [2.45, 2.75) is 26.9 Å². The number of imidazole rings is 1. The lowest BCUT2D eigenvalue weighted by molar-refractivity contribution is 0.0949. The molecule has 3 aromatic carbocycles. The van der Waals surface area contributed by atoms with E-state index in [2.05, 4.69) is 29.8 Å². The van der Waals surface area contributed by atoms with E-state index in [0.29, 0.717) is 30.3 Å². The fourth-order valence-corrected chi connectivity index (χ4v) is 3.77. The fraction of sp³-hybridized carbons (Fsp3) is 0.200. The first-order valence-electron chi connectivity index (χ1n) is 10.2. The molecule has 0 radical (unpaired) electrons. The minimum Gasteiger partial charge on any atom is -0.492 e. The van der Waals surface area contributed by atoms with E-state index in [-0.39, 0.29) is 5.91 Å². The molecule has 31 heavy (non-hydrogen) atoms. The number of amides is 1. The predicted octanol–water partition coefficient (Wildman–Crippen LogP) is 5.32. The van der Waals surface area contributed by atoms with Crippen LogP contribution in [0.15, 0.2) is 66.7 Å². The summed E-state index contributed by atoms with van der Waals surface area (Å²) in [7, 11) is 0. The summed E-state index contributed by atoms with van der Waals surface area (Å²) in [4.78, 5) is 17.2. The quantitative estimate of drug-likeness (QED) is 0.429. The molecule has 1 aromatic heterocycles. The van der Waals surface area contributed by atoms with Crippen molar-refractivity contribution in [2.75, 3.05) is 6.61 Å². The number of carbonyl (C=O) groups excluding carboxylic acids is 1. The van der Waals surface area contributed by atoms with Gasteiger partial charge in [-0.15, -0.1) is 0 Å². The summed E-state index contributed by atoms with van der Waals surface area (Å²) < 4.78 is 8.10. The van der Waals surface area contributed by atoms with Gasteiger partial charge >= 0.3 is 0 Å². The van der Waals surface area contributed by atoms with Crippen molar-refractivity contribution in [1.82, 2.24) is 14.9 Å². The van der Waals surface area contributed by atoms with E-state index in [1.165, 1.54) is 11.1 Å². The lowest BCUT2D eigenvalue weighted by Crippen LogP contribution is -2.25. The highest BCUT2D eigenvalue weighted by molar-refractivity contribution is 6.30. The van der Waals surface area contributed by atoms with Gasteiger partial charge in [-0.3, -0.25) is 4.79 Å². The van der Waals surface area contributed by atoms with Crippen molar-refractivity contribution in [3.8, 4) is 5.75 Å². The fourth-order valence-electron chi connectivity index (χ4n) is 3.64. The van der Waals surface area contributed by atoms with Gasteiger partial charge in [-0.25, -0.2) is 4.98 Å². The van der Waals surface area contributed by atoms with Gasteiger partial charge in [0.2, 0.25) is 0 Å². The number of aromatic nitrogens is 2. The van der Waals surface area contributed by atoms with Gasteiger partial charge in [0.25, 0.3) is 5.91 Å². The van der Waals surface area contributed by atoms with Gasteiger partial charge in [0, 0.05) is 10.6 Å². The highest BCUT2D eigenvalue weighted by Crippen LogP contribution is 2.19. The van der Waals surface area contributed by atoms with Crippen LogP contribution in [0, 0.1) is 13.8 Å². The predicted molar refractivity (Wildman–Crippen MR) is 124 cm³/mol. The summed E-state index contributed by atoms with van der Waals surface area (Å²) in [5.74, 6) is 1.48. The summed E-state index contributed by atoms with van der Waals surface area (Å²) in [6.07, 6.45) is 0. The number of nitrogens with zero attached hydrogens (tertiary/aromatic N) is 2. The van der Waals surface area contributed by atoms with E-state index in [1.54, 1.807) is 24.3 Å². The second kappa shape index (κ2) is 9.23. The molecule has 5 nitrogen and oxygen atoms in total. The van der Waals surface area contributed by atoms with Crippen molar-refractivity contribution in [1.29, 1.82) is 0 Å². The topological polar surface area (TPSA) is 56.1 Å². The normalized spacial score (nSPS) is 10.9. The van der Waals surface area contributed by atoms with Crippen LogP contribution in [0.25, 0.3) is 11.0 Å². The summed E-state index contributed by atoms with van der Waals surface area (Å²) in [5, 5.41) is 3.55. The lowest BCUT2D eigenvalue weighted by atomic mass is 10.1. The molecule has 1 heterocycles.